The smallest absolute Gasteiger partial charge is 0.226 e. The molecule has 0 radical (unpaired) electrons. The molecule has 0 saturated heterocycles. The van der Waals surface area contributed by atoms with Gasteiger partial charge in [0.15, 0.2) is 0 Å². The number of hydrogen-bond acceptors (Lipinski definition) is 2. The van der Waals surface area contributed by atoms with Crippen molar-refractivity contribution in [1.82, 2.24) is 4.90 Å². The minimum Gasteiger partial charge on any atom is -0.338 e. The molecule has 0 heterocycles. The zero-order chi connectivity index (χ0) is 19.1. The lowest BCUT2D eigenvalue weighted by atomic mass is 10.1. The monoisotopic (exact) mass is 352 g/mol. The molecule has 4 heteroatoms. The van der Waals surface area contributed by atoms with Crippen molar-refractivity contribution < 1.29 is 9.59 Å². The summed E-state index contributed by atoms with van der Waals surface area (Å²) in [6.45, 7) is 8.58. The van der Waals surface area contributed by atoms with Crippen LogP contribution >= 0.6 is 0 Å². The Kier molecular flexibility index (Phi) is 6.96. The Bertz CT molecular complexity index is 783. The molecule has 26 heavy (non-hydrogen) atoms. The van der Waals surface area contributed by atoms with Gasteiger partial charge in [-0.1, -0.05) is 49.4 Å². The molecule has 2 aromatic carbocycles. The van der Waals surface area contributed by atoms with Crippen molar-refractivity contribution in [2.75, 3.05) is 11.9 Å². The molecule has 138 valence electrons. The number of carbonyl (C=O) groups excluding carboxylic acids is 2. The fourth-order valence-electron chi connectivity index (χ4n) is 2.98. The van der Waals surface area contributed by atoms with Gasteiger partial charge in [-0.3, -0.25) is 9.59 Å². The summed E-state index contributed by atoms with van der Waals surface area (Å²) in [5, 5.41) is 3.02. The van der Waals surface area contributed by atoms with Gasteiger partial charge in [0.25, 0.3) is 0 Å². The van der Waals surface area contributed by atoms with Crippen LogP contribution in [0.2, 0.25) is 0 Å². The summed E-state index contributed by atoms with van der Waals surface area (Å²) < 4.78 is 0. The molecule has 0 aliphatic rings. The summed E-state index contributed by atoms with van der Waals surface area (Å²) in [7, 11) is 0. The Labute approximate surface area is 156 Å². The van der Waals surface area contributed by atoms with E-state index in [9.17, 15) is 9.59 Å². The maximum absolute atomic E-state index is 12.4. The van der Waals surface area contributed by atoms with Crippen LogP contribution in [0.15, 0.2) is 42.5 Å². The highest BCUT2D eigenvalue weighted by Gasteiger charge is 2.14. The van der Waals surface area contributed by atoms with E-state index < -0.39 is 0 Å². The van der Waals surface area contributed by atoms with Crippen LogP contribution in [0.1, 0.15) is 42.5 Å². The molecule has 0 spiro atoms. The number of hydrogen-bond donors (Lipinski definition) is 1. The van der Waals surface area contributed by atoms with Gasteiger partial charge < -0.3 is 10.2 Å². The van der Waals surface area contributed by atoms with E-state index in [-0.39, 0.29) is 18.2 Å². The van der Waals surface area contributed by atoms with Crippen LogP contribution in [0.5, 0.6) is 0 Å². The summed E-state index contributed by atoms with van der Waals surface area (Å²) >= 11 is 0. The van der Waals surface area contributed by atoms with E-state index in [1.54, 1.807) is 11.8 Å². The summed E-state index contributed by atoms with van der Waals surface area (Å²) in [5.41, 5.74) is 5.34. The third-order valence-corrected chi connectivity index (χ3v) is 4.68. The van der Waals surface area contributed by atoms with Crippen molar-refractivity contribution in [1.29, 1.82) is 0 Å². The Morgan fingerprint density at radius 1 is 0.962 bits per heavy atom. The number of para-hydroxylation sites is 1. The van der Waals surface area contributed by atoms with E-state index in [2.05, 4.69) is 12.2 Å². The second-order valence-corrected chi connectivity index (χ2v) is 6.63. The molecule has 0 aliphatic heterocycles. The highest BCUT2D eigenvalue weighted by atomic mass is 16.2. The highest BCUT2D eigenvalue weighted by Crippen LogP contribution is 2.21. The topological polar surface area (TPSA) is 49.4 Å². The molecule has 0 unspecified atom stereocenters. The Balaban J connectivity index is 2.00. The van der Waals surface area contributed by atoms with Gasteiger partial charge in [0, 0.05) is 32.1 Å². The lowest BCUT2D eigenvalue weighted by Crippen LogP contribution is -2.32. The third kappa shape index (κ3) is 5.19. The molecule has 1 N–H and O–H groups in total. The Morgan fingerprint density at radius 2 is 1.62 bits per heavy atom. The molecule has 2 rings (SSSR count). The van der Waals surface area contributed by atoms with Gasteiger partial charge in [-0.15, -0.1) is 0 Å². The summed E-state index contributed by atoms with van der Waals surface area (Å²) in [6.07, 6.45) is 1.15. The first-order valence-electron chi connectivity index (χ1n) is 9.10. The van der Waals surface area contributed by atoms with Gasteiger partial charge in [0.2, 0.25) is 11.8 Å². The number of rotatable bonds is 7. The van der Waals surface area contributed by atoms with E-state index in [0.29, 0.717) is 13.1 Å². The molecule has 2 amide bonds. The lowest BCUT2D eigenvalue weighted by Gasteiger charge is -2.22. The van der Waals surface area contributed by atoms with Gasteiger partial charge in [-0.05, 0) is 42.5 Å². The van der Waals surface area contributed by atoms with E-state index >= 15 is 0 Å². The standard InChI is InChI=1S/C22H28N2O2/c1-5-19-12-8-10-17(3)22(19)23-21(26)13-14-24(18(4)25)15-20-11-7-6-9-16(20)2/h6-12H,5,13-15H2,1-4H3,(H,23,26). The first-order chi connectivity index (χ1) is 12.4. The van der Waals surface area contributed by atoms with Crippen LogP contribution in [-0.2, 0) is 22.6 Å². The SMILES string of the molecule is CCc1cccc(C)c1NC(=O)CCN(Cc1ccccc1C)C(C)=O. The van der Waals surface area contributed by atoms with Crippen molar-refractivity contribution in [2.24, 2.45) is 0 Å². The number of anilines is 1. The fourth-order valence-corrected chi connectivity index (χ4v) is 2.98. The second kappa shape index (κ2) is 9.18. The maximum Gasteiger partial charge on any atom is 0.226 e. The Morgan fingerprint density at radius 3 is 2.27 bits per heavy atom. The van der Waals surface area contributed by atoms with Gasteiger partial charge in [0.1, 0.15) is 0 Å². The average molecular weight is 352 g/mol. The molecule has 0 fully saturated rings. The quantitative estimate of drug-likeness (QED) is 0.810. The van der Waals surface area contributed by atoms with Crippen molar-refractivity contribution in [2.45, 2.75) is 47.1 Å². The minimum absolute atomic E-state index is 0.0220. The molecule has 0 aromatic heterocycles. The second-order valence-electron chi connectivity index (χ2n) is 6.63. The lowest BCUT2D eigenvalue weighted by molar-refractivity contribution is -0.129. The molecule has 4 nitrogen and oxygen atoms in total. The van der Waals surface area contributed by atoms with E-state index in [1.807, 2.05) is 56.3 Å². The van der Waals surface area contributed by atoms with Crippen LogP contribution in [0.4, 0.5) is 5.69 Å². The van der Waals surface area contributed by atoms with Crippen LogP contribution in [-0.4, -0.2) is 23.3 Å². The fraction of sp³-hybridized carbons (Fsp3) is 0.364. The van der Waals surface area contributed by atoms with Gasteiger partial charge in [-0.2, -0.15) is 0 Å². The average Bonchev–Trinajstić information content (AvgIpc) is 2.61. The normalized spacial score (nSPS) is 10.5. The van der Waals surface area contributed by atoms with Crippen LogP contribution in [0, 0.1) is 13.8 Å². The summed E-state index contributed by atoms with van der Waals surface area (Å²) in [4.78, 5) is 26.1. The van der Waals surface area contributed by atoms with Crippen LogP contribution < -0.4 is 5.32 Å². The number of nitrogens with zero attached hydrogens (tertiary/aromatic N) is 1. The molecule has 0 aliphatic carbocycles. The molecule has 0 atom stereocenters. The van der Waals surface area contributed by atoms with E-state index in [0.717, 1.165) is 34.4 Å². The van der Waals surface area contributed by atoms with E-state index in [4.69, 9.17) is 0 Å². The molecular formula is C22H28N2O2. The predicted molar refractivity (Wildman–Crippen MR) is 106 cm³/mol. The maximum atomic E-state index is 12.4. The molecule has 0 bridgehead atoms. The first kappa shape index (κ1) is 19.7. The van der Waals surface area contributed by atoms with Crippen LogP contribution in [0.25, 0.3) is 0 Å². The number of carbonyl (C=O) groups is 2. The predicted octanol–water partition coefficient (Wildman–Crippen LogP) is 4.24. The zero-order valence-corrected chi connectivity index (χ0v) is 16.1. The van der Waals surface area contributed by atoms with Crippen molar-refractivity contribution >= 4 is 17.5 Å². The van der Waals surface area contributed by atoms with Crippen molar-refractivity contribution in [3.8, 4) is 0 Å². The van der Waals surface area contributed by atoms with Gasteiger partial charge >= 0.3 is 0 Å². The number of nitrogens with one attached hydrogen (secondary N) is 1. The largest absolute Gasteiger partial charge is 0.338 e. The first-order valence-corrected chi connectivity index (χ1v) is 9.10. The number of benzene rings is 2. The van der Waals surface area contributed by atoms with Gasteiger partial charge in [-0.25, -0.2) is 0 Å². The minimum atomic E-state index is -0.0648. The van der Waals surface area contributed by atoms with E-state index in [1.165, 1.54) is 0 Å². The third-order valence-electron chi connectivity index (χ3n) is 4.68. The summed E-state index contributed by atoms with van der Waals surface area (Å²) in [5.74, 6) is -0.0868. The summed E-state index contributed by atoms with van der Waals surface area (Å²) in [6, 6.07) is 14.0. The van der Waals surface area contributed by atoms with Gasteiger partial charge in [0.05, 0.1) is 0 Å². The number of amides is 2. The molecule has 2 aromatic rings. The van der Waals surface area contributed by atoms with Crippen molar-refractivity contribution in [3.63, 3.8) is 0 Å². The Hall–Kier alpha value is -2.62. The molecular weight excluding hydrogens is 324 g/mol. The zero-order valence-electron chi connectivity index (χ0n) is 16.1. The highest BCUT2D eigenvalue weighted by molar-refractivity contribution is 5.92. The van der Waals surface area contributed by atoms with Crippen LogP contribution in [0.3, 0.4) is 0 Å². The number of aryl methyl sites for hydroxylation is 3. The molecule has 0 saturated carbocycles. The van der Waals surface area contributed by atoms with Crippen molar-refractivity contribution in [3.05, 3.63) is 64.7 Å².